The Morgan fingerprint density at radius 1 is 1.29 bits per heavy atom. The highest BCUT2D eigenvalue weighted by atomic mass is 32.1. The number of hydrogen-bond donors (Lipinski definition) is 2. The van der Waals surface area contributed by atoms with Gasteiger partial charge in [-0.15, -0.1) is 11.3 Å². The summed E-state index contributed by atoms with van der Waals surface area (Å²) in [6.45, 7) is 1.95. The minimum absolute atomic E-state index is 0.0270. The molecular formula is C16H16N2O2S. The van der Waals surface area contributed by atoms with E-state index < -0.39 is 11.3 Å². The van der Waals surface area contributed by atoms with Gasteiger partial charge in [-0.3, -0.25) is 9.59 Å². The minimum Gasteiger partial charge on any atom is -0.390 e. The molecule has 5 heteroatoms. The molecule has 4 N–H and O–H groups in total. The average Bonchev–Trinajstić information content (AvgIpc) is 2.81. The van der Waals surface area contributed by atoms with Crippen LogP contribution in [0.25, 0.3) is 0 Å². The Bertz CT molecular complexity index is 736. The Kier molecular flexibility index (Phi) is 3.10. The van der Waals surface area contributed by atoms with Crippen molar-refractivity contribution >= 4 is 28.0 Å². The number of rotatable bonds is 2. The summed E-state index contributed by atoms with van der Waals surface area (Å²) in [5, 5.41) is 0.346. The van der Waals surface area contributed by atoms with E-state index in [1.54, 1.807) is 0 Å². The van der Waals surface area contributed by atoms with Crippen LogP contribution >= 0.6 is 11.3 Å². The van der Waals surface area contributed by atoms with Crippen LogP contribution in [-0.4, -0.2) is 11.7 Å². The fourth-order valence-electron chi connectivity index (χ4n) is 3.00. The maximum Gasteiger partial charge on any atom is 0.251 e. The van der Waals surface area contributed by atoms with E-state index in [0.717, 1.165) is 11.1 Å². The van der Waals surface area contributed by atoms with Crippen LogP contribution in [0.2, 0.25) is 0 Å². The van der Waals surface area contributed by atoms with Gasteiger partial charge in [-0.05, 0) is 30.9 Å². The van der Waals surface area contributed by atoms with Gasteiger partial charge in [0, 0.05) is 0 Å². The molecule has 0 unspecified atom stereocenters. The molecule has 1 atom stereocenters. The van der Waals surface area contributed by atoms with Crippen molar-refractivity contribution in [3.8, 4) is 0 Å². The number of amides is 1. The smallest absolute Gasteiger partial charge is 0.251 e. The highest BCUT2D eigenvalue weighted by molar-refractivity contribution is 7.18. The number of Topliss-reactive ketones (excluding diaryl/α,β-unsaturated/α-hetero) is 1. The molecule has 0 aliphatic heterocycles. The van der Waals surface area contributed by atoms with E-state index >= 15 is 0 Å². The lowest BCUT2D eigenvalue weighted by Gasteiger charge is -2.32. The first-order valence-corrected chi connectivity index (χ1v) is 7.58. The SMILES string of the molecule is C[C@]1(c2ccccc2)CCc2c(sc(N)c2C(N)=O)C1=O. The Morgan fingerprint density at radius 3 is 2.57 bits per heavy atom. The van der Waals surface area contributed by atoms with E-state index in [1.807, 2.05) is 37.3 Å². The Hall–Kier alpha value is -2.14. The standard InChI is InChI=1S/C16H16N2O2S/c1-16(9-5-3-2-4-6-9)8-7-10-11(14(17)20)15(18)21-12(10)13(16)19/h2-6H,7-8,18H2,1H3,(H2,17,20)/t16-/m1/s1. The zero-order valence-electron chi connectivity index (χ0n) is 11.7. The molecule has 0 bridgehead atoms. The predicted octanol–water partition coefficient (Wildman–Crippen LogP) is 2.52. The van der Waals surface area contributed by atoms with Gasteiger partial charge in [0.25, 0.3) is 5.91 Å². The molecule has 1 aliphatic carbocycles. The maximum absolute atomic E-state index is 12.9. The van der Waals surface area contributed by atoms with Crippen LogP contribution in [-0.2, 0) is 11.8 Å². The summed E-state index contributed by atoms with van der Waals surface area (Å²) in [7, 11) is 0. The quantitative estimate of drug-likeness (QED) is 0.893. The summed E-state index contributed by atoms with van der Waals surface area (Å²) in [4.78, 5) is 25.0. The van der Waals surface area contributed by atoms with Gasteiger partial charge in [-0.25, -0.2) is 0 Å². The van der Waals surface area contributed by atoms with Crippen LogP contribution in [0.3, 0.4) is 0 Å². The molecular weight excluding hydrogens is 284 g/mol. The summed E-state index contributed by atoms with van der Waals surface area (Å²) in [6, 6.07) is 9.73. The second-order valence-electron chi connectivity index (χ2n) is 5.54. The number of benzene rings is 1. The molecule has 3 rings (SSSR count). The van der Waals surface area contributed by atoms with Crippen molar-refractivity contribution in [1.29, 1.82) is 0 Å². The van der Waals surface area contributed by atoms with E-state index in [4.69, 9.17) is 11.5 Å². The molecule has 108 valence electrons. The van der Waals surface area contributed by atoms with E-state index in [0.29, 0.717) is 28.3 Å². The molecule has 0 spiro atoms. The molecule has 0 saturated heterocycles. The van der Waals surface area contributed by atoms with Gasteiger partial charge in [-0.2, -0.15) is 0 Å². The largest absolute Gasteiger partial charge is 0.390 e. The van der Waals surface area contributed by atoms with Crippen LogP contribution in [0.4, 0.5) is 5.00 Å². The van der Waals surface area contributed by atoms with Crippen molar-refractivity contribution in [2.45, 2.75) is 25.2 Å². The lowest BCUT2D eigenvalue weighted by atomic mass is 9.70. The molecule has 1 aromatic carbocycles. The number of primary amides is 1. The van der Waals surface area contributed by atoms with Crippen molar-refractivity contribution in [3.05, 3.63) is 51.9 Å². The van der Waals surface area contributed by atoms with E-state index in [1.165, 1.54) is 11.3 Å². The first-order valence-electron chi connectivity index (χ1n) is 6.76. The number of ketones is 1. The first kappa shape index (κ1) is 13.8. The van der Waals surface area contributed by atoms with Crippen molar-refractivity contribution in [2.75, 3.05) is 5.73 Å². The lowest BCUT2D eigenvalue weighted by Crippen LogP contribution is -2.37. The van der Waals surface area contributed by atoms with Gasteiger partial charge in [0.1, 0.15) is 0 Å². The lowest BCUT2D eigenvalue weighted by molar-refractivity contribution is 0.0880. The third kappa shape index (κ3) is 1.96. The Balaban J connectivity index is 2.12. The summed E-state index contributed by atoms with van der Waals surface area (Å²) >= 11 is 1.18. The summed E-state index contributed by atoms with van der Waals surface area (Å²) in [5.41, 5.74) is 12.7. The van der Waals surface area contributed by atoms with Crippen molar-refractivity contribution in [1.82, 2.24) is 0 Å². The zero-order valence-corrected chi connectivity index (χ0v) is 12.5. The fourth-order valence-corrected chi connectivity index (χ4v) is 4.19. The fraction of sp³-hybridized carbons (Fsp3) is 0.250. The Morgan fingerprint density at radius 2 is 1.95 bits per heavy atom. The molecule has 0 saturated carbocycles. The number of nitrogen functional groups attached to an aromatic ring is 1. The van der Waals surface area contributed by atoms with Gasteiger partial charge >= 0.3 is 0 Å². The molecule has 21 heavy (non-hydrogen) atoms. The third-order valence-corrected chi connectivity index (χ3v) is 5.33. The number of carbonyl (C=O) groups excluding carboxylic acids is 2. The molecule has 0 radical (unpaired) electrons. The van der Waals surface area contributed by atoms with Gasteiger partial charge in [-0.1, -0.05) is 30.3 Å². The first-order chi connectivity index (χ1) is 9.95. The van der Waals surface area contributed by atoms with Crippen LogP contribution < -0.4 is 11.5 Å². The molecule has 4 nitrogen and oxygen atoms in total. The highest BCUT2D eigenvalue weighted by Crippen LogP contribution is 2.44. The zero-order chi connectivity index (χ0) is 15.2. The Labute approximate surface area is 126 Å². The molecule has 1 aliphatic rings. The van der Waals surface area contributed by atoms with Crippen molar-refractivity contribution < 1.29 is 9.59 Å². The minimum atomic E-state index is -0.569. The van der Waals surface area contributed by atoms with Gasteiger partial charge in [0.2, 0.25) is 0 Å². The van der Waals surface area contributed by atoms with Gasteiger partial charge in [0.15, 0.2) is 5.78 Å². The van der Waals surface area contributed by atoms with Crippen LogP contribution in [0.5, 0.6) is 0 Å². The average molecular weight is 300 g/mol. The van der Waals surface area contributed by atoms with Crippen LogP contribution in [0, 0.1) is 0 Å². The predicted molar refractivity (Wildman–Crippen MR) is 83.7 cm³/mol. The molecule has 0 fully saturated rings. The number of fused-ring (bicyclic) bond motifs is 1. The van der Waals surface area contributed by atoms with Crippen LogP contribution in [0.1, 0.15) is 44.5 Å². The normalized spacial score (nSPS) is 21.1. The highest BCUT2D eigenvalue weighted by Gasteiger charge is 2.42. The number of carbonyl (C=O) groups is 2. The van der Waals surface area contributed by atoms with Gasteiger partial charge < -0.3 is 11.5 Å². The van der Waals surface area contributed by atoms with E-state index in [2.05, 4.69) is 0 Å². The molecule has 1 heterocycles. The maximum atomic E-state index is 12.9. The van der Waals surface area contributed by atoms with Gasteiger partial charge in [0.05, 0.1) is 20.9 Å². The molecule has 1 aromatic heterocycles. The molecule has 1 amide bonds. The summed E-state index contributed by atoms with van der Waals surface area (Å²) < 4.78 is 0. The number of nitrogens with two attached hydrogens (primary N) is 2. The van der Waals surface area contributed by atoms with E-state index in [-0.39, 0.29) is 5.78 Å². The third-order valence-electron chi connectivity index (χ3n) is 4.27. The summed E-state index contributed by atoms with van der Waals surface area (Å²) in [6.07, 6.45) is 1.29. The molecule has 2 aromatic rings. The summed E-state index contributed by atoms with van der Waals surface area (Å²) in [5.74, 6) is -0.528. The topological polar surface area (TPSA) is 86.2 Å². The number of hydrogen-bond acceptors (Lipinski definition) is 4. The monoisotopic (exact) mass is 300 g/mol. The second-order valence-corrected chi connectivity index (χ2v) is 6.59. The van der Waals surface area contributed by atoms with Crippen LogP contribution in [0.15, 0.2) is 30.3 Å². The van der Waals surface area contributed by atoms with Crippen molar-refractivity contribution in [2.24, 2.45) is 5.73 Å². The van der Waals surface area contributed by atoms with E-state index in [9.17, 15) is 9.59 Å². The number of thiophene rings is 1. The van der Waals surface area contributed by atoms with Crippen molar-refractivity contribution in [3.63, 3.8) is 0 Å². The number of anilines is 1. The second kappa shape index (κ2) is 4.70.